The fourth-order valence-corrected chi connectivity index (χ4v) is 2.70. The Morgan fingerprint density at radius 3 is 2.68 bits per heavy atom. The summed E-state index contributed by atoms with van der Waals surface area (Å²) in [5.74, 6) is 2.66. The molecule has 0 saturated heterocycles. The molecular weight excluding hydrogens is 278 g/mol. The van der Waals surface area contributed by atoms with Crippen molar-refractivity contribution in [3.8, 4) is 17.2 Å². The van der Waals surface area contributed by atoms with Gasteiger partial charge in [0.05, 0.1) is 13.7 Å². The molecule has 1 heterocycles. The minimum atomic E-state index is 0.335. The molecule has 0 fully saturated rings. The molecule has 0 radical (unpaired) electrons. The molecule has 4 nitrogen and oxygen atoms in total. The van der Waals surface area contributed by atoms with Gasteiger partial charge in [-0.2, -0.15) is 0 Å². The third-order valence-corrected chi connectivity index (χ3v) is 3.91. The van der Waals surface area contributed by atoms with Gasteiger partial charge in [0.1, 0.15) is 12.3 Å². The average Bonchev–Trinajstić information content (AvgIpc) is 2.99. The van der Waals surface area contributed by atoms with Crippen LogP contribution in [0.3, 0.4) is 0 Å². The quantitative estimate of drug-likeness (QED) is 0.830. The minimum absolute atomic E-state index is 0.335. The summed E-state index contributed by atoms with van der Waals surface area (Å²) in [7, 11) is 1.71. The Balaban J connectivity index is 1.48. The SMILES string of the molecule is COc1ccc(C[NH2+]CCc2ccc3c(c2)OCO3)cc1C. The van der Waals surface area contributed by atoms with E-state index in [0.717, 1.165) is 36.8 Å². The van der Waals surface area contributed by atoms with Gasteiger partial charge in [0.2, 0.25) is 6.79 Å². The van der Waals surface area contributed by atoms with Crippen LogP contribution in [0.2, 0.25) is 0 Å². The highest BCUT2D eigenvalue weighted by Gasteiger charge is 2.13. The number of methoxy groups -OCH3 is 1. The Labute approximate surface area is 131 Å². The summed E-state index contributed by atoms with van der Waals surface area (Å²) in [5, 5.41) is 2.33. The number of rotatable bonds is 6. The van der Waals surface area contributed by atoms with Crippen LogP contribution >= 0.6 is 0 Å². The molecule has 0 bridgehead atoms. The molecule has 0 atom stereocenters. The van der Waals surface area contributed by atoms with Crippen molar-refractivity contribution in [3.05, 3.63) is 53.1 Å². The fraction of sp³-hybridized carbons (Fsp3) is 0.333. The van der Waals surface area contributed by atoms with Gasteiger partial charge < -0.3 is 19.5 Å². The Morgan fingerprint density at radius 1 is 1.05 bits per heavy atom. The van der Waals surface area contributed by atoms with Crippen LogP contribution in [0.25, 0.3) is 0 Å². The van der Waals surface area contributed by atoms with Crippen molar-refractivity contribution < 1.29 is 19.5 Å². The number of quaternary nitrogens is 1. The zero-order valence-corrected chi connectivity index (χ0v) is 13.1. The second kappa shape index (κ2) is 6.71. The highest BCUT2D eigenvalue weighted by molar-refractivity contribution is 5.44. The fourth-order valence-electron chi connectivity index (χ4n) is 2.70. The van der Waals surface area contributed by atoms with Gasteiger partial charge in [-0.3, -0.25) is 0 Å². The molecule has 0 unspecified atom stereocenters. The lowest BCUT2D eigenvalue weighted by Gasteiger charge is -2.07. The third kappa shape index (κ3) is 3.34. The number of benzene rings is 2. The summed E-state index contributed by atoms with van der Waals surface area (Å²) in [6, 6.07) is 12.5. The zero-order valence-electron chi connectivity index (χ0n) is 13.1. The van der Waals surface area contributed by atoms with Crippen LogP contribution in [0.1, 0.15) is 16.7 Å². The van der Waals surface area contributed by atoms with Crippen LogP contribution in [0.15, 0.2) is 36.4 Å². The summed E-state index contributed by atoms with van der Waals surface area (Å²) < 4.78 is 16.0. The van der Waals surface area contributed by atoms with Crippen LogP contribution < -0.4 is 19.5 Å². The van der Waals surface area contributed by atoms with E-state index in [1.54, 1.807) is 7.11 Å². The van der Waals surface area contributed by atoms with Crippen molar-refractivity contribution in [1.29, 1.82) is 0 Å². The van der Waals surface area contributed by atoms with Crippen molar-refractivity contribution in [2.45, 2.75) is 19.9 Å². The first-order valence-corrected chi connectivity index (χ1v) is 7.60. The topological polar surface area (TPSA) is 44.3 Å². The smallest absolute Gasteiger partial charge is 0.231 e. The number of fused-ring (bicyclic) bond motifs is 1. The molecule has 4 heteroatoms. The monoisotopic (exact) mass is 300 g/mol. The van der Waals surface area contributed by atoms with Crippen molar-refractivity contribution in [3.63, 3.8) is 0 Å². The van der Waals surface area contributed by atoms with E-state index in [0.29, 0.717) is 6.79 Å². The molecule has 1 aliphatic rings. The van der Waals surface area contributed by atoms with E-state index < -0.39 is 0 Å². The molecule has 0 aromatic heterocycles. The third-order valence-electron chi connectivity index (χ3n) is 3.91. The maximum Gasteiger partial charge on any atom is 0.231 e. The summed E-state index contributed by atoms with van der Waals surface area (Å²) in [4.78, 5) is 0. The number of ether oxygens (including phenoxy) is 3. The van der Waals surface area contributed by atoms with Gasteiger partial charge >= 0.3 is 0 Å². The first kappa shape index (κ1) is 14.7. The normalized spacial score (nSPS) is 12.5. The predicted octanol–water partition coefficient (Wildman–Crippen LogP) is 2.04. The summed E-state index contributed by atoms with van der Waals surface area (Å²) >= 11 is 0. The second-order valence-corrected chi connectivity index (χ2v) is 5.52. The highest BCUT2D eigenvalue weighted by Crippen LogP contribution is 2.32. The molecular formula is C18H22NO3+. The molecule has 2 N–H and O–H groups in total. The van der Waals surface area contributed by atoms with Crippen LogP contribution in [0.5, 0.6) is 17.2 Å². The standard InChI is InChI=1S/C18H21NO3/c1-13-9-15(4-5-16(13)20-2)11-19-8-7-14-3-6-17-18(10-14)22-12-21-17/h3-6,9-10,19H,7-8,11-12H2,1-2H3/p+1. The molecule has 0 spiro atoms. The molecule has 2 aromatic rings. The lowest BCUT2D eigenvalue weighted by Crippen LogP contribution is -2.83. The van der Waals surface area contributed by atoms with Gasteiger partial charge in [0, 0.05) is 12.0 Å². The Bertz CT molecular complexity index is 655. The Kier molecular flexibility index (Phi) is 4.49. The van der Waals surface area contributed by atoms with E-state index in [-0.39, 0.29) is 0 Å². The van der Waals surface area contributed by atoms with E-state index in [1.807, 2.05) is 12.1 Å². The highest BCUT2D eigenvalue weighted by atomic mass is 16.7. The van der Waals surface area contributed by atoms with Crippen LogP contribution in [0.4, 0.5) is 0 Å². The van der Waals surface area contributed by atoms with Gasteiger partial charge in [0.15, 0.2) is 11.5 Å². The largest absolute Gasteiger partial charge is 0.496 e. The van der Waals surface area contributed by atoms with Crippen molar-refractivity contribution in [1.82, 2.24) is 0 Å². The Hall–Kier alpha value is -2.20. The average molecular weight is 300 g/mol. The maximum atomic E-state index is 5.41. The van der Waals surface area contributed by atoms with Gasteiger partial charge in [-0.15, -0.1) is 0 Å². The first-order valence-electron chi connectivity index (χ1n) is 7.60. The number of aryl methyl sites for hydroxylation is 1. The van der Waals surface area contributed by atoms with E-state index >= 15 is 0 Å². The van der Waals surface area contributed by atoms with Crippen molar-refractivity contribution >= 4 is 0 Å². The summed E-state index contributed by atoms with van der Waals surface area (Å²) in [6.07, 6.45) is 1.02. The van der Waals surface area contributed by atoms with Crippen molar-refractivity contribution in [2.75, 3.05) is 20.4 Å². The lowest BCUT2D eigenvalue weighted by atomic mass is 10.1. The van der Waals surface area contributed by atoms with Gasteiger partial charge in [-0.05, 0) is 48.4 Å². The van der Waals surface area contributed by atoms with E-state index in [1.165, 1.54) is 16.7 Å². The zero-order chi connectivity index (χ0) is 15.4. The predicted molar refractivity (Wildman–Crippen MR) is 84.5 cm³/mol. The molecule has 116 valence electrons. The van der Waals surface area contributed by atoms with Crippen LogP contribution in [-0.4, -0.2) is 20.4 Å². The second-order valence-electron chi connectivity index (χ2n) is 5.52. The minimum Gasteiger partial charge on any atom is -0.496 e. The lowest BCUT2D eigenvalue weighted by molar-refractivity contribution is -0.670. The van der Waals surface area contributed by atoms with Gasteiger partial charge in [-0.25, -0.2) is 0 Å². The molecule has 2 aromatic carbocycles. The van der Waals surface area contributed by atoms with E-state index in [2.05, 4.69) is 36.5 Å². The summed E-state index contributed by atoms with van der Waals surface area (Å²) in [6.45, 7) is 4.44. The van der Waals surface area contributed by atoms with Crippen molar-refractivity contribution in [2.24, 2.45) is 0 Å². The van der Waals surface area contributed by atoms with Gasteiger partial charge in [-0.1, -0.05) is 6.07 Å². The molecule has 0 aliphatic carbocycles. The van der Waals surface area contributed by atoms with E-state index in [9.17, 15) is 0 Å². The molecule has 0 amide bonds. The molecule has 1 aliphatic heterocycles. The Morgan fingerprint density at radius 2 is 1.86 bits per heavy atom. The first-order chi connectivity index (χ1) is 10.8. The van der Waals surface area contributed by atoms with Crippen LogP contribution in [0, 0.1) is 6.92 Å². The summed E-state index contributed by atoms with van der Waals surface area (Å²) in [5.41, 5.74) is 3.79. The number of hydrogen-bond donors (Lipinski definition) is 1. The number of hydrogen-bond acceptors (Lipinski definition) is 3. The molecule has 3 rings (SSSR count). The molecule has 22 heavy (non-hydrogen) atoms. The van der Waals surface area contributed by atoms with Gasteiger partial charge in [0.25, 0.3) is 0 Å². The maximum absolute atomic E-state index is 5.41. The molecule has 0 saturated carbocycles. The van der Waals surface area contributed by atoms with E-state index in [4.69, 9.17) is 14.2 Å². The van der Waals surface area contributed by atoms with Crippen LogP contribution in [-0.2, 0) is 13.0 Å². The number of nitrogens with two attached hydrogens (primary N) is 1.